The number of benzene rings is 1. The van der Waals surface area contributed by atoms with E-state index in [2.05, 4.69) is 9.46 Å². The summed E-state index contributed by atoms with van der Waals surface area (Å²) in [6.07, 6.45) is 1.41. The maximum absolute atomic E-state index is 12.4. The van der Waals surface area contributed by atoms with Gasteiger partial charge in [-0.2, -0.15) is 4.72 Å². The number of hydrogen-bond acceptors (Lipinski definition) is 5. The Morgan fingerprint density at radius 3 is 2.57 bits per heavy atom. The van der Waals surface area contributed by atoms with Crippen molar-refractivity contribution in [3.63, 3.8) is 0 Å². The molecule has 0 fully saturated rings. The Hall–Kier alpha value is -1.64. The molecule has 2 N–H and O–H groups in total. The zero-order valence-electron chi connectivity index (χ0n) is 12.7. The number of sulfonamides is 1. The number of unbranched alkanes of at least 4 members (excludes halogenated alkanes) is 1. The maximum atomic E-state index is 12.4. The minimum absolute atomic E-state index is 0.145. The molecule has 0 heterocycles. The van der Waals surface area contributed by atoms with Gasteiger partial charge in [-0.1, -0.05) is 31.4 Å². The molecule has 0 aliphatic heterocycles. The predicted octanol–water partition coefficient (Wildman–Crippen LogP) is 2.05. The first-order valence-corrected chi connectivity index (χ1v) is 8.72. The molecule has 1 atom stereocenters. The van der Waals surface area contributed by atoms with Crippen LogP contribution in [-0.4, -0.2) is 38.6 Å². The number of esters is 1. The lowest BCUT2D eigenvalue weighted by molar-refractivity contribution is -0.139. The van der Waals surface area contributed by atoms with E-state index in [0.29, 0.717) is 6.42 Å². The molecule has 0 aliphatic rings. The third-order valence-corrected chi connectivity index (χ3v) is 4.84. The van der Waals surface area contributed by atoms with Gasteiger partial charge in [-0.15, -0.1) is 0 Å². The standard InChI is InChI=1S/C14H18ClNO6S/c1-3-4-5-11(13(17)18)16-23(20,21)12-7-6-9(15)8-10(12)14(19)22-2/h6-8,11,16H,3-5H2,1-2H3,(H,17,18)/t11-/m0/s1. The van der Waals surface area contributed by atoms with Crippen LogP contribution in [-0.2, 0) is 19.6 Å². The summed E-state index contributed by atoms with van der Waals surface area (Å²) in [7, 11) is -3.12. The van der Waals surface area contributed by atoms with Gasteiger partial charge in [0.1, 0.15) is 6.04 Å². The molecule has 0 unspecified atom stereocenters. The molecular weight excluding hydrogens is 346 g/mol. The fourth-order valence-electron chi connectivity index (χ4n) is 1.90. The Labute approximate surface area is 139 Å². The molecule has 0 amide bonds. The number of ether oxygens (including phenoxy) is 1. The van der Waals surface area contributed by atoms with Crippen molar-refractivity contribution >= 4 is 33.6 Å². The van der Waals surface area contributed by atoms with E-state index in [1.165, 1.54) is 6.07 Å². The molecule has 23 heavy (non-hydrogen) atoms. The Kier molecular flexibility index (Phi) is 6.99. The van der Waals surface area contributed by atoms with Crippen LogP contribution in [0.4, 0.5) is 0 Å². The van der Waals surface area contributed by atoms with Crippen LogP contribution in [0, 0.1) is 0 Å². The average molecular weight is 364 g/mol. The van der Waals surface area contributed by atoms with E-state index in [0.717, 1.165) is 25.7 Å². The van der Waals surface area contributed by atoms with Crippen molar-refractivity contribution in [3.05, 3.63) is 28.8 Å². The summed E-state index contributed by atoms with van der Waals surface area (Å²) in [5.74, 6) is -2.16. The summed E-state index contributed by atoms with van der Waals surface area (Å²) in [6.45, 7) is 1.86. The van der Waals surface area contributed by atoms with Crippen molar-refractivity contribution in [2.75, 3.05) is 7.11 Å². The van der Waals surface area contributed by atoms with E-state index in [4.69, 9.17) is 16.7 Å². The van der Waals surface area contributed by atoms with Crippen molar-refractivity contribution in [3.8, 4) is 0 Å². The topological polar surface area (TPSA) is 110 Å². The van der Waals surface area contributed by atoms with Crippen molar-refractivity contribution in [2.45, 2.75) is 37.1 Å². The SMILES string of the molecule is CCCC[C@H](NS(=O)(=O)c1ccc(Cl)cc1C(=O)OC)C(=O)O. The van der Waals surface area contributed by atoms with Gasteiger partial charge in [0, 0.05) is 5.02 Å². The van der Waals surface area contributed by atoms with Crippen molar-refractivity contribution in [2.24, 2.45) is 0 Å². The number of rotatable bonds is 8. The highest BCUT2D eigenvalue weighted by molar-refractivity contribution is 7.89. The fraction of sp³-hybridized carbons (Fsp3) is 0.429. The molecule has 7 nitrogen and oxygen atoms in total. The van der Waals surface area contributed by atoms with Gasteiger partial charge in [0.2, 0.25) is 10.0 Å². The first kappa shape index (κ1) is 19.4. The molecule has 0 bridgehead atoms. The molecule has 1 aromatic rings. The quantitative estimate of drug-likeness (QED) is 0.684. The van der Waals surface area contributed by atoms with Crippen LogP contribution in [0.25, 0.3) is 0 Å². The lowest BCUT2D eigenvalue weighted by Gasteiger charge is -2.16. The zero-order valence-corrected chi connectivity index (χ0v) is 14.3. The number of carbonyl (C=O) groups is 2. The van der Waals surface area contributed by atoms with Crippen molar-refractivity contribution in [1.82, 2.24) is 4.72 Å². The van der Waals surface area contributed by atoms with Gasteiger partial charge >= 0.3 is 11.9 Å². The predicted molar refractivity (Wildman–Crippen MR) is 84.1 cm³/mol. The lowest BCUT2D eigenvalue weighted by Crippen LogP contribution is -2.41. The molecule has 0 saturated heterocycles. The third-order valence-electron chi connectivity index (χ3n) is 3.08. The lowest BCUT2D eigenvalue weighted by atomic mass is 10.1. The van der Waals surface area contributed by atoms with E-state index in [-0.39, 0.29) is 21.9 Å². The van der Waals surface area contributed by atoms with Crippen LogP contribution in [0.1, 0.15) is 36.5 Å². The van der Waals surface area contributed by atoms with Crippen LogP contribution < -0.4 is 4.72 Å². The number of carboxylic acids is 1. The second kappa shape index (κ2) is 8.28. The molecule has 128 valence electrons. The van der Waals surface area contributed by atoms with Gasteiger partial charge in [-0.05, 0) is 24.6 Å². The molecule has 0 spiro atoms. The van der Waals surface area contributed by atoms with E-state index in [1.54, 1.807) is 0 Å². The third kappa shape index (κ3) is 5.19. The van der Waals surface area contributed by atoms with Gasteiger partial charge in [0.25, 0.3) is 0 Å². The molecule has 1 aromatic carbocycles. The fourth-order valence-corrected chi connectivity index (χ4v) is 3.47. The Bertz CT molecular complexity index is 689. The van der Waals surface area contributed by atoms with Crippen molar-refractivity contribution < 1.29 is 27.9 Å². The highest BCUT2D eigenvalue weighted by Crippen LogP contribution is 2.22. The Morgan fingerprint density at radius 1 is 1.39 bits per heavy atom. The second-order valence-electron chi connectivity index (χ2n) is 4.79. The van der Waals surface area contributed by atoms with E-state index in [1.807, 2.05) is 6.92 Å². The summed E-state index contributed by atoms with van der Waals surface area (Å²) < 4.78 is 31.5. The molecule has 9 heteroatoms. The number of nitrogens with one attached hydrogen (secondary N) is 1. The number of aliphatic carboxylic acids is 1. The maximum Gasteiger partial charge on any atom is 0.339 e. The Morgan fingerprint density at radius 2 is 2.04 bits per heavy atom. The van der Waals surface area contributed by atoms with Gasteiger partial charge in [-0.25, -0.2) is 13.2 Å². The molecule has 1 rings (SSSR count). The first-order valence-electron chi connectivity index (χ1n) is 6.86. The monoisotopic (exact) mass is 363 g/mol. The summed E-state index contributed by atoms with van der Waals surface area (Å²) >= 11 is 5.78. The largest absolute Gasteiger partial charge is 0.480 e. The van der Waals surface area contributed by atoms with Crippen LogP contribution in [0.5, 0.6) is 0 Å². The summed E-state index contributed by atoms with van der Waals surface area (Å²) in [4.78, 5) is 22.6. The number of carbonyl (C=O) groups excluding carboxylic acids is 1. The van der Waals surface area contributed by atoms with Crippen LogP contribution in [0.2, 0.25) is 5.02 Å². The summed E-state index contributed by atoms with van der Waals surface area (Å²) in [6, 6.07) is 2.31. The number of halogens is 1. The van der Waals surface area contributed by atoms with E-state index < -0.39 is 28.0 Å². The van der Waals surface area contributed by atoms with Crippen LogP contribution in [0.3, 0.4) is 0 Å². The highest BCUT2D eigenvalue weighted by Gasteiger charge is 2.28. The Balaban J connectivity index is 3.22. The van der Waals surface area contributed by atoms with Gasteiger partial charge in [0.15, 0.2) is 0 Å². The summed E-state index contributed by atoms with van der Waals surface area (Å²) in [5.41, 5.74) is -0.257. The minimum atomic E-state index is -4.23. The van der Waals surface area contributed by atoms with Crippen molar-refractivity contribution in [1.29, 1.82) is 0 Å². The number of methoxy groups -OCH3 is 1. The zero-order chi connectivity index (χ0) is 17.6. The minimum Gasteiger partial charge on any atom is -0.480 e. The van der Waals surface area contributed by atoms with E-state index >= 15 is 0 Å². The van der Waals surface area contributed by atoms with Crippen LogP contribution in [0.15, 0.2) is 23.1 Å². The molecule has 0 saturated carbocycles. The van der Waals surface area contributed by atoms with Gasteiger partial charge in [-0.3, -0.25) is 4.79 Å². The molecular formula is C14H18ClNO6S. The van der Waals surface area contributed by atoms with Gasteiger partial charge in [0.05, 0.1) is 17.6 Å². The number of carboxylic acid groups (broad SMARTS) is 1. The molecule has 0 aliphatic carbocycles. The second-order valence-corrected chi connectivity index (χ2v) is 6.91. The van der Waals surface area contributed by atoms with E-state index in [9.17, 15) is 18.0 Å². The molecule has 0 radical (unpaired) electrons. The first-order chi connectivity index (χ1) is 10.7. The average Bonchev–Trinajstić information content (AvgIpc) is 2.49. The smallest absolute Gasteiger partial charge is 0.339 e. The van der Waals surface area contributed by atoms with Gasteiger partial charge < -0.3 is 9.84 Å². The highest BCUT2D eigenvalue weighted by atomic mass is 35.5. The van der Waals surface area contributed by atoms with Crippen LogP contribution >= 0.6 is 11.6 Å². The summed E-state index contributed by atoms with van der Waals surface area (Å²) in [5, 5.41) is 9.30. The molecule has 0 aromatic heterocycles. The number of hydrogen-bond donors (Lipinski definition) is 2. The normalized spacial score (nSPS) is 12.7.